The lowest BCUT2D eigenvalue weighted by atomic mass is 9.80. The van der Waals surface area contributed by atoms with Crippen LogP contribution in [-0.2, 0) is 4.79 Å². The molecule has 1 aliphatic rings. The average Bonchev–Trinajstić information content (AvgIpc) is 2.27. The number of halogens is 1. The third-order valence-electron chi connectivity index (χ3n) is 4.50. The first-order chi connectivity index (χ1) is 8.23. The fourth-order valence-corrected chi connectivity index (χ4v) is 3.34. The van der Waals surface area contributed by atoms with Crippen molar-refractivity contribution in [2.75, 3.05) is 7.05 Å². The monoisotopic (exact) mass is 317 g/mol. The van der Waals surface area contributed by atoms with Gasteiger partial charge in [-0.1, -0.05) is 56.5 Å². The molecule has 1 rings (SSSR count). The van der Waals surface area contributed by atoms with Gasteiger partial charge in [0, 0.05) is 24.3 Å². The zero-order valence-corrected chi connectivity index (χ0v) is 14.1. The van der Waals surface area contributed by atoms with Gasteiger partial charge in [-0.15, -0.1) is 0 Å². The van der Waals surface area contributed by atoms with Crippen molar-refractivity contribution in [2.24, 2.45) is 11.3 Å². The lowest BCUT2D eigenvalue weighted by Gasteiger charge is -2.37. The molecule has 0 aromatic heterocycles. The molecule has 0 heterocycles. The average molecular weight is 318 g/mol. The summed E-state index contributed by atoms with van der Waals surface area (Å²) in [5.74, 6) is 0.721. The quantitative estimate of drug-likeness (QED) is 0.713. The van der Waals surface area contributed by atoms with Crippen molar-refractivity contribution < 1.29 is 4.79 Å². The van der Waals surface area contributed by atoms with Crippen LogP contribution >= 0.6 is 15.9 Å². The minimum Gasteiger partial charge on any atom is -0.342 e. The summed E-state index contributed by atoms with van der Waals surface area (Å²) < 4.78 is 0. The van der Waals surface area contributed by atoms with Gasteiger partial charge in [-0.3, -0.25) is 4.79 Å². The zero-order chi connectivity index (χ0) is 13.9. The molecule has 1 fully saturated rings. The Balaban J connectivity index is 2.55. The number of amides is 1. The second-order valence-corrected chi connectivity index (χ2v) is 8.02. The Labute approximate surface area is 121 Å². The summed E-state index contributed by atoms with van der Waals surface area (Å²) >= 11 is 3.74. The van der Waals surface area contributed by atoms with E-state index in [0.717, 1.165) is 6.42 Å². The summed E-state index contributed by atoms with van der Waals surface area (Å²) in [6.45, 7) is 8.80. The van der Waals surface area contributed by atoms with Gasteiger partial charge in [0.2, 0.25) is 5.91 Å². The van der Waals surface area contributed by atoms with Crippen LogP contribution in [-0.4, -0.2) is 28.7 Å². The molecule has 0 aromatic rings. The van der Waals surface area contributed by atoms with E-state index in [2.05, 4.69) is 43.6 Å². The smallest absolute Gasteiger partial charge is 0.222 e. The second-order valence-electron chi connectivity index (χ2n) is 6.84. The topological polar surface area (TPSA) is 20.3 Å². The largest absolute Gasteiger partial charge is 0.342 e. The molecule has 1 aliphatic carbocycles. The molecule has 1 saturated carbocycles. The second kappa shape index (κ2) is 6.40. The number of rotatable bonds is 3. The third-order valence-corrected chi connectivity index (χ3v) is 5.57. The van der Waals surface area contributed by atoms with Crippen molar-refractivity contribution in [2.45, 2.75) is 70.7 Å². The molecule has 18 heavy (non-hydrogen) atoms. The first-order valence-corrected chi connectivity index (χ1v) is 8.04. The predicted octanol–water partition coefficient (Wildman–Crippen LogP) is 4.22. The van der Waals surface area contributed by atoms with E-state index in [4.69, 9.17) is 0 Å². The number of nitrogens with zero attached hydrogens (tertiary/aromatic N) is 1. The SMILES string of the molecule is CC(CC(=O)N(C)C1CCCCC1Br)C(C)(C)C. The molecule has 3 atom stereocenters. The molecule has 0 aromatic carbocycles. The van der Waals surface area contributed by atoms with E-state index in [-0.39, 0.29) is 5.41 Å². The van der Waals surface area contributed by atoms with E-state index in [1.807, 2.05) is 11.9 Å². The van der Waals surface area contributed by atoms with E-state index in [9.17, 15) is 4.79 Å². The summed E-state index contributed by atoms with van der Waals surface area (Å²) in [7, 11) is 1.97. The van der Waals surface area contributed by atoms with Crippen molar-refractivity contribution in [3.05, 3.63) is 0 Å². The summed E-state index contributed by atoms with van der Waals surface area (Å²) in [6, 6.07) is 0.387. The Morgan fingerprint density at radius 1 is 1.33 bits per heavy atom. The summed E-state index contributed by atoms with van der Waals surface area (Å²) in [6.07, 6.45) is 5.53. The lowest BCUT2D eigenvalue weighted by Crippen LogP contribution is -2.45. The van der Waals surface area contributed by atoms with Crippen LogP contribution in [0.3, 0.4) is 0 Å². The van der Waals surface area contributed by atoms with E-state index < -0.39 is 0 Å². The Bertz CT molecular complexity index is 285. The lowest BCUT2D eigenvalue weighted by molar-refractivity contribution is -0.134. The van der Waals surface area contributed by atoms with Gasteiger partial charge in [-0.25, -0.2) is 0 Å². The van der Waals surface area contributed by atoms with Gasteiger partial charge in [-0.2, -0.15) is 0 Å². The molecule has 1 amide bonds. The van der Waals surface area contributed by atoms with Gasteiger partial charge >= 0.3 is 0 Å². The molecular formula is C15H28BrNO. The van der Waals surface area contributed by atoms with E-state index in [0.29, 0.717) is 29.1 Å². The van der Waals surface area contributed by atoms with Gasteiger partial charge in [0.1, 0.15) is 0 Å². The van der Waals surface area contributed by atoms with Crippen molar-refractivity contribution in [1.82, 2.24) is 4.90 Å². The normalized spacial score (nSPS) is 26.8. The van der Waals surface area contributed by atoms with Crippen LogP contribution in [0.5, 0.6) is 0 Å². The standard InChI is InChI=1S/C15H28BrNO/c1-11(15(2,3)4)10-14(18)17(5)13-9-7-6-8-12(13)16/h11-13H,6-10H2,1-5H3. The molecule has 0 radical (unpaired) electrons. The van der Waals surface area contributed by atoms with Crippen LogP contribution in [0.4, 0.5) is 0 Å². The molecule has 0 N–H and O–H groups in total. The number of carbonyl (C=O) groups excluding carboxylic acids is 1. The van der Waals surface area contributed by atoms with Crippen LogP contribution in [0.2, 0.25) is 0 Å². The van der Waals surface area contributed by atoms with Crippen LogP contribution in [0.15, 0.2) is 0 Å². The first kappa shape index (κ1) is 16.0. The highest BCUT2D eigenvalue weighted by Crippen LogP contribution is 2.31. The number of carbonyl (C=O) groups is 1. The molecular weight excluding hydrogens is 290 g/mol. The van der Waals surface area contributed by atoms with Crippen LogP contribution < -0.4 is 0 Å². The van der Waals surface area contributed by atoms with Gasteiger partial charge in [0.25, 0.3) is 0 Å². The highest BCUT2D eigenvalue weighted by molar-refractivity contribution is 9.09. The Kier molecular flexibility index (Phi) is 5.69. The zero-order valence-electron chi connectivity index (χ0n) is 12.5. The molecule has 2 nitrogen and oxygen atoms in total. The summed E-state index contributed by atoms with van der Waals surface area (Å²) in [4.78, 5) is 14.8. The number of alkyl halides is 1. The van der Waals surface area contributed by atoms with Crippen LogP contribution in [0, 0.1) is 11.3 Å². The molecule has 106 valence electrons. The minimum absolute atomic E-state index is 0.205. The van der Waals surface area contributed by atoms with E-state index >= 15 is 0 Å². The molecule has 0 bridgehead atoms. The van der Waals surface area contributed by atoms with Crippen molar-refractivity contribution >= 4 is 21.8 Å². The minimum atomic E-state index is 0.205. The molecule has 3 unspecified atom stereocenters. The number of hydrogen-bond donors (Lipinski definition) is 0. The van der Waals surface area contributed by atoms with Crippen LogP contribution in [0.1, 0.15) is 59.8 Å². The Hall–Kier alpha value is -0.0500. The highest BCUT2D eigenvalue weighted by atomic mass is 79.9. The van der Waals surface area contributed by atoms with Crippen LogP contribution in [0.25, 0.3) is 0 Å². The summed E-state index contributed by atoms with van der Waals surface area (Å²) in [5.41, 5.74) is 0.205. The van der Waals surface area contributed by atoms with Crippen molar-refractivity contribution in [3.8, 4) is 0 Å². The third kappa shape index (κ3) is 4.25. The van der Waals surface area contributed by atoms with Crippen molar-refractivity contribution in [1.29, 1.82) is 0 Å². The Morgan fingerprint density at radius 2 is 1.89 bits per heavy atom. The molecule has 3 heteroatoms. The van der Waals surface area contributed by atoms with Gasteiger partial charge in [0.15, 0.2) is 0 Å². The molecule has 0 aliphatic heterocycles. The Morgan fingerprint density at radius 3 is 2.39 bits per heavy atom. The number of hydrogen-bond acceptors (Lipinski definition) is 1. The predicted molar refractivity (Wildman–Crippen MR) is 81.0 cm³/mol. The fourth-order valence-electron chi connectivity index (χ4n) is 2.40. The maximum absolute atomic E-state index is 12.4. The van der Waals surface area contributed by atoms with Crippen molar-refractivity contribution in [3.63, 3.8) is 0 Å². The maximum Gasteiger partial charge on any atom is 0.222 e. The maximum atomic E-state index is 12.4. The highest BCUT2D eigenvalue weighted by Gasteiger charge is 2.31. The molecule has 0 spiro atoms. The molecule has 0 saturated heterocycles. The fraction of sp³-hybridized carbons (Fsp3) is 0.933. The van der Waals surface area contributed by atoms with Gasteiger partial charge in [-0.05, 0) is 24.2 Å². The van der Waals surface area contributed by atoms with E-state index in [1.54, 1.807) is 0 Å². The van der Waals surface area contributed by atoms with Gasteiger partial charge in [0.05, 0.1) is 0 Å². The van der Waals surface area contributed by atoms with E-state index in [1.165, 1.54) is 19.3 Å². The first-order valence-electron chi connectivity index (χ1n) is 7.13. The summed E-state index contributed by atoms with van der Waals surface area (Å²) in [5, 5.41) is 0. The van der Waals surface area contributed by atoms with Gasteiger partial charge < -0.3 is 4.90 Å².